The molecule has 2 heterocycles. The van der Waals surface area contributed by atoms with E-state index in [9.17, 15) is 0 Å². The van der Waals surface area contributed by atoms with Crippen molar-refractivity contribution >= 4 is 0 Å². The van der Waals surface area contributed by atoms with Crippen LogP contribution in [-0.2, 0) is 7.05 Å². The molecule has 2 aromatic heterocycles. The smallest absolute Gasteiger partial charge is 0.208 e. The van der Waals surface area contributed by atoms with Crippen molar-refractivity contribution in [1.82, 2.24) is 0 Å². The minimum atomic E-state index is 1.20. The van der Waals surface area contributed by atoms with E-state index in [0.29, 0.717) is 0 Å². The molecule has 0 saturated carbocycles. The van der Waals surface area contributed by atoms with E-state index in [1.807, 2.05) is 11.6 Å². The van der Waals surface area contributed by atoms with E-state index in [0.717, 1.165) is 0 Å². The zero-order valence-corrected chi connectivity index (χ0v) is 12.7. The summed E-state index contributed by atoms with van der Waals surface area (Å²) in [5, 5.41) is 0. The molecule has 1 aromatic carbocycles. The third-order valence-corrected chi connectivity index (χ3v) is 3.93. The standard InChI is InChI=1S/C19H20N2/c1-15-4-5-19(14-16(15)2)21-12-8-18(9-13-21)17-6-10-20(3)11-7-17/h4-14H,1-3H3/q+2. The summed E-state index contributed by atoms with van der Waals surface area (Å²) in [7, 11) is 2.03. The fraction of sp³-hybridized carbons (Fsp3) is 0.158. The molecule has 21 heavy (non-hydrogen) atoms. The molecule has 3 rings (SSSR count). The van der Waals surface area contributed by atoms with Crippen LogP contribution in [0.2, 0.25) is 0 Å². The predicted molar refractivity (Wildman–Crippen MR) is 84.1 cm³/mol. The molecule has 0 N–H and O–H groups in total. The Morgan fingerprint density at radius 1 is 0.667 bits per heavy atom. The molecule has 0 radical (unpaired) electrons. The van der Waals surface area contributed by atoms with Gasteiger partial charge >= 0.3 is 0 Å². The molecule has 0 aliphatic carbocycles. The minimum Gasteiger partial charge on any atom is -0.208 e. The van der Waals surface area contributed by atoms with Crippen LogP contribution in [0.5, 0.6) is 0 Å². The molecular formula is C19H20N2+2. The van der Waals surface area contributed by atoms with Gasteiger partial charge in [-0.15, -0.1) is 0 Å². The zero-order valence-electron chi connectivity index (χ0n) is 12.7. The van der Waals surface area contributed by atoms with E-state index in [2.05, 4.69) is 85.7 Å². The summed E-state index contributed by atoms with van der Waals surface area (Å²) in [4.78, 5) is 0. The average Bonchev–Trinajstić information content (AvgIpc) is 2.51. The lowest BCUT2D eigenvalue weighted by molar-refractivity contribution is -0.671. The average molecular weight is 276 g/mol. The molecule has 3 aromatic rings. The minimum absolute atomic E-state index is 1.20. The van der Waals surface area contributed by atoms with Gasteiger partial charge in [-0.05, 0) is 36.1 Å². The van der Waals surface area contributed by atoms with Crippen molar-refractivity contribution in [3.8, 4) is 16.8 Å². The van der Waals surface area contributed by atoms with Crippen LogP contribution in [-0.4, -0.2) is 0 Å². The molecule has 0 atom stereocenters. The molecular weight excluding hydrogens is 256 g/mol. The molecule has 0 aliphatic rings. The second-order valence-electron chi connectivity index (χ2n) is 5.51. The number of hydrogen-bond acceptors (Lipinski definition) is 0. The lowest BCUT2D eigenvalue weighted by atomic mass is 10.1. The second-order valence-corrected chi connectivity index (χ2v) is 5.51. The fourth-order valence-corrected chi connectivity index (χ4v) is 2.37. The highest BCUT2D eigenvalue weighted by molar-refractivity contribution is 5.61. The van der Waals surface area contributed by atoms with E-state index in [-0.39, 0.29) is 0 Å². The Labute approximate surface area is 125 Å². The van der Waals surface area contributed by atoms with Crippen molar-refractivity contribution in [1.29, 1.82) is 0 Å². The van der Waals surface area contributed by atoms with Crippen LogP contribution in [0.1, 0.15) is 11.1 Å². The molecule has 0 saturated heterocycles. The van der Waals surface area contributed by atoms with Gasteiger partial charge in [-0.3, -0.25) is 0 Å². The topological polar surface area (TPSA) is 7.76 Å². The van der Waals surface area contributed by atoms with E-state index in [4.69, 9.17) is 0 Å². The van der Waals surface area contributed by atoms with Crippen LogP contribution >= 0.6 is 0 Å². The number of pyridine rings is 2. The zero-order chi connectivity index (χ0) is 14.8. The quantitative estimate of drug-likeness (QED) is 0.636. The van der Waals surface area contributed by atoms with E-state index < -0.39 is 0 Å². The molecule has 0 fully saturated rings. The van der Waals surface area contributed by atoms with Gasteiger partial charge in [-0.2, -0.15) is 4.57 Å². The Bertz CT molecular complexity index is 757. The van der Waals surface area contributed by atoms with Gasteiger partial charge in [0.1, 0.15) is 7.05 Å². The van der Waals surface area contributed by atoms with Crippen LogP contribution in [0.3, 0.4) is 0 Å². The summed E-state index contributed by atoms with van der Waals surface area (Å²) in [6.45, 7) is 4.29. The van der Waals surface area contributed by atoms with Gasteiger partial charge in [0, 0.05) is 36.4 Å². The highest BCUT2D eigenvalue weighted by atomic mass is 14.9. The van der Waals surface area contributed by atoms with Crippen LogP contribution in [0.4, 0.5) is 0 Å². The van der Waals surface area contributed by atoms with Crippen molar-refractivity contribution in [3.63, 3.8) is 0 Å². The normalized spacial score (nSPS) is 10.6. The summed E-state index contributed by atoms with van der Waals surface area (Å²) in [5.74, 6) is 0. The third kappa shape index (κ3) is 2.84. The van der Waals surface area contributed by atoms with Gasteiger partial charge in [0.15, 0.2) is 24.8 Å². The molecule has 0 bridgehead atoms. The molecule has 0 aliphatic heterocycles. The Kier molecular flexibility index (Phi) is 3.53. The molecule has 0 spiro atoms. The number of aryl methyl sites for hydroxylation is 3. The van der Waals surface area contributed by atoms with Gasteiger partial charge < -0.3 is 0 Å². The Balaban J connectivity index is 1.93. The van der Waals surface area contributed by atoms with Crippen molar-refractivity contribution in [2.45, 2.75) is 13.8 Å². The first-order valence-corrected chi connectivity index (χ1v) is 7.18. The maximum Gasteiger partial charge on any atom is 0.210 e. The SMILES string of the molecule is Cc1ccc(-[n+]2ccc(-c3cc[n+](C)cc3)cc2)cc1C. The van der Waals surface area contributed by atoms with Crippen LogP contribution in [0.15, 0.2) is 67.3 Å². The maximum atomic E-state index is 2.22. The molecule has 2 nitrogen and oxygen atoms in total. The van der Waals surface area contributed by atoms with E-state index in [1.165, 1.54) is 27.9 Å². The summed E-state index contributed by atoms with van der Waals surface area (Å²) >= 11 is 0. The highest BCUT2D eigenvalue weighted by Crippen LogP contribution is 2.16. The lowest BCUT2D eigenvalue weighted by Gasteiger charge is -2.02. The highest BCUT2D eigenvalue weighted by Gasteiger charge is 2.08. The number of rotatable bonds is 2. The Morgan fingerprint density at radius 2 is 1.24 bits per heavy atom. The summed E-state index contributed by atoms with van der Waals surface area (Å²) < 4.78 is 4.20. The van der Waals surface area contributed by atoms with Crippen molar-refractivity contribution in [2.75, 3.05) is 0 Å². The number of benzene rings is 1. The molecule has 2 heteroatoms. The summed E-state index contributed by atoms with van der Waals surface area (Å²) in [5.41, 5.74) is 6.31. The molecule has 0 amide bonds. The van der Waals surface area contributed by atoms with Gasteiger partial charge in [0.2, 0.25) is 5.69 Å². The largest absolute Gasteiger partial charge is 0.210 e. The van der Waals surface area contributed by atoms with Crippen molar-refractivity contribution < 1.29 is 9.13 Å². The van der Waals surface area contributed by atoms with Crippen LogP contribution in [0.25, 0.3) is 16.8 Å². The van der Waals surface area contributed by atoms with Gasteiger partial charge in [-0.25, -0.2) is 4.57 Å². The number of nitrogens with zero attached hydrogens (tertiary/aromatic N) is 2. The molecule has 104 valence electrons. The Hall–Kier alpha value is -2.48. The summed E-state index contributed by atoms with van der Waals surface area (Å²) in [6, 6.07) is 15.1. The van der Waals surface area contributed by atoms with Crippen molar-refractivity contribution in [2.24, 2.45) is 7.05 Å². The Morgan fingerprint density at radius 3 is 1.81 bits per heavy atom. The first kappa shape index (κ1) is 13.5. The first-order chi connectivity index (χ1) is 10.1. The number of aromatic nitrogens is 2. The van der Waals surface area contributed by atoms with Gasteiger partial charge in [0.05, 0.1) is 0 Å². The number of hydrogen-bond donors (Lipinski definition) is 0. The van der Waals surface area contributed by atoms with Crippen molar-refractivity contribution in [3.05, 3.63) is 78.4 Å². The predicted octanol–water partition coefficient (Wildman–Crippen LogP) is 3.07. The maximum absolute atomic E-state index is 2.22. The third-order valence-electron chi connectivity index (χ3n) is 3.93. The van der Waals surface area contributed by atoms with Crippen LogP contribution < -0.4 is 9.13 Å². The first-order valence-electron chi connectivity index (χ1n) is 7.18. The molecule has 0 unspecified atom stereocenters. The van der Waals surface area contributed by atoms with Gasteiger partial charge in [-0.1, -0.05) is 6.07 Å². The van der Waals surface area contributed by atoms with E-state index in [1.54, 1.807) is 0 Å². The monoisotopic (exact) mass is 276 g/mol. The van der Waals surface area contributed by atoms with Crippen LogP contribution in [0, 0.1) is 13.8 Å². The fourth-order valence-electron chi connectivity index (χ4n) is 2.37. The van der Waals surface area contributed by atoms with E-state index >= 15 is 0 Å². The lowest BCUT2D eigenvalue weighted by Crippen LogP contribution is -2.29. The van der Waals surface area contributed by atoms with Gasteiger partial charge in [0.25, 0.3) is 0 Å². The summed E-state index contributed by atoms with van der Waals surface area (Å²) in [6.07, 6.45) is 8.37. The second kappa shape index (κ2) is 5.49.